The Morgan fingerprint density at radius 2 is 1.95 bits per heavy atom. The van der Waals surface area contributed by atoms with Crippen molar-refractivity contribution < 1.29 is 23.8 Å². The van der Waals surface area contributed by atoms with Gasteiger partial charge in [-0.15, -0.1) is 0 Å². The number of fused-ring (bicyclic) bond motifs is 2. The van der Waals surface area contributed by atoms with Gasteiger partial charge in [-0.2, -0.15) is 0 Å². The molecule has 0 spiro atoms. The second-order valence-corrected chi connectivity index (χ2v) is 11.2. The summed E-state index contributed by atoms with van der Waals surface area (Å²) in [5, 5.41) is 9.79. The number of hydrogen-bond donors (Lipinski definition) is 1. The summed E-state index contributed by atoms with van der Waals surface area (Å²) in [7, 11) is 0. The molecule has 4 aromatic rings. The minimum absolute atomic E-state index is 0.00751. The van der Waals surface area contributed by atoms with E-state index in [1.807, 2.05) is 22.8 Å². The first-order valence-corrected chi connectivity index (χ1v) is 13.8. The Morgan fingerprint density at radius 1 is 1.12 bits per heavy atom. The van der Waals surface area contributed by atoms with Gasteiger partial charge in [0.15, 0.2) is 11.3 Å². The predicted octanol–water partition coefficient (Wildman–Crippen LogP) is 4.21. The summed E-state index contributed by atoms with van der Waals surface area (Å²) >= 11 is 5.87. The summed E-state index contributed by atoms with van der Waals surface area (Å²) < 4.78 is 28.1. The largest absolute Gasteiger partial charge is 0.477 e. The van der Waals surface area contributed by atoms with Crippen LogP contribution < -0.4 is 4.74 Å². The topological polar surface area (TPSA) is 103 Å². The Bertz CT molecular complexity index is 1600. The third kappa shape index (κ3) is 4.91. The van der Waals surface area contributed by atoms with Gasteiger partial charge in [0, 0.05) is 54.7 Å². The number of piperidine rings is 1. The van der Waals surface area contributed by atoms with E-state index in [2.05, 4.69) is 14.9 Å². The SMILES string of the molecule is O=C(O)c1ccc2nc(CN3CC4C(C3)C4Oc3cccc(Cc4ccc(Cl)cc4F)n3)n(C[C@@H]3CCO3)c2n1. The number of benzene rings is 1. The lowest BCUT2D eigenvalue weighted by Gasteiger charge is -2.28. The van der Waals surface area contributed by atoms with Crippen LogP contribution in [0.4, 0.5) is 4.39 Å². The number of likely N-dealkylation sites (tertiary alicyclic amines) is 1. The smallest absolute Gasteiger partial charge is 0.354 e. The molecule has 40 heavy (non-hydrogen) atoms. The van der Waals surface area contributed by atoms with Gasteiger partial charge in [0.1, 0.15) is 23.3 Å². The number of carboxylic acid groups (broad SMARTS) is 1. The van der Waals surface area contributed by atoms with Crippen LogP contribution in [0.5, 0.6) is 5.88 Å². The van der Waals surface area contributed by atoms with Crippen molar-refractivity contribution in [2.75, 3.05) is 19.7 Å². The molecule has 9 nitrogen and oxygen atoms in total. The van der Waals surface area contributed by atoms with E-state index in [-0.39, 0.29) is 23.7 Å². The van der Waals surface area contributed by atoms with E-state index in [4.69, 9.17) is 26.1 Å². The molecule has 7 rings (SSSR count). The molecular weight excluding hydrogens is 537 g/mol. The van der Waals surface area contributed by atoms with Crippen LogP contribution in [-0.4, -0.2) is 67.4 Å². The Kier molecular flexibility index (Phi) is 6.41. The molecule has 2 aliphatic heterocycles. The lowest BCUT2D eigenvalue weighted by atomic mass is 10.1. The van der Waals surface area contributed by atoms with Crippen LogP contribution >= 0.6 is 11.6 Å². The zero-order chi connectivity index (χ0) is 27.4. The molecule has 0 amide bonds. The summed E-state index contributed by atoms with van der Waals surface area (Å²) in [4.78, 5) is 27.7. The van der Waals surface area contributed by atoms with Crippen molar-refractivity contribution in [3.63, 3.8) is 0 Å². The van der Waals surface area contributed by atoms with E-state index in [1.165, 1.54) is 12.1 Å². The average molecular weight is 564 g/mol. The molecule has 1 aromatic carbocycles. The van der Waals surface area contributed by atoms with Gasteiger partial charge in [-0.05, 0) is 42.3 Å². The van der Waals surface area contributed by atoms with Crippen molar-refractivity contribution in [3.05, 3.63) is 82.1 Å². The highest BCUT2D eigenvalue weighted by atomic mass is 35.5. The van der Waals surface area contributed by atoms with Crippen LogP contribution in [0.25, 0.3) is 11.2 Å². The molecular formula is C29H27ClFN5O4. The summed E-state index contributed by atoms with van der Waals surface area (Å²) in [6.45, 7) is 3.75. The highest BCUT2D eigenvalue weighted by Crippen LogP contribution is 2.48. The van der Waals surface area contributed by atoms with E-state index >= 15 is 0 Å². The van der Waals surface area contributed by atoms with Crippen LogP contribution in [0.2, 0.25) is 5.02 Å². The van der Waals surface area contributed by atoms with E-state index in [0.29, 0.717) is 59.0 Å². The third-order valence-electron chi connectivity index (χ3n) is 8.05. The second kappa shape index (κ2) is 10.1. The average Bonchev–Trinajstić information content (AvgIpc) is 3.21. The Labute approximate surface area is 234 Å². The van der Waals surface area contributed by atoms with Crippen molar-refractivity contribution >= 4 is 28.7 Å². The fourth-order valence-electron chi connectivity index (χ4n) is 5.80. The summed E-state index contributed by atoms with van der Waals surface area (Å²) in [5.74, 6) is 0.833. The maximum Gasteiger partial charge on any atom is 0.354 e. The minimum Gasteiger partial charge on any atom is -0.477 e. The maximum absolute atomic E-state index is 14.2. The fourth-order valence-corrected chi connectivity index (χ4v) is 5.96. The highest BCUT2D eigenvalue weighted by Gasteiger charge is 2.58. The van der Waals surface area contributed by atoms with Crippen molar-refractivity contribution in [2.45, 2.75) is 38.1 Å². The first kappa shape index (κ1) is 25.4. The van der Waals surface area contributed by atoms with Crippen molar-refractivity contribution in [2.24, 2.45) is 11.8 Å². The number of nitrogens with zero attached hydrogens (tertiary/aromatic N) is 5. The number of carboxylic acids is 1. The van der Waals surface area contributed by atoms with Gasteiger partial charge in [0.05, 0.1) is 19.2 Å². The molecule has 3 aromatic heterocycles. The number of pyridine rings is 2. The number of halogens is 2. The van der Waals surface area contributed by atoms with E-state index in [0.717, 1.165) is 37.6 Å². The van der Waals surface area contributed by atoms with Crippen LogP contribution in [0.1, 0.15) is 34.0 Å². The Morgan fingerprint density at radius 3 is 2.67 bits per heavy atom. The van der Waals surface area contributed by atoms with Gasteiger partial charge in [-0.1, -0.05) is 23.7 Å². The molecule has 3 fully saturated rings. The standard InChI is InChI=1S/C29H27ClFN5O4/c30-17-5-4-16(22(31)11-17)10-18-2-1-3-26(32-18)40-27-20-13-35(14-21(20)27)15-25-33-23-6-7-24(29(37)38)34-28(23)36(25)12-19-8-9-39-19/h1-7,11,19-21,27H,8-10,12-15H2,(H,37,38)/t19-,20?,21?,27?/m0/s1. The second-order valence-electron chi connectivity index (χ2n) is 10.7. The number of ether oxygens (including phenoxy) is 2. The molecule has 2 saturated heterocycles. The molecule has 206 valence electrons. The number of aromatic carboxylic acids is 1. The van der Waals surface area contributed by atoms with Gasteiger partial charge in [-0.25, -0.2) is 24.1 Å². The number of carbonyl (C=O) groups is 1. The fraction of sp³-hybridized carbons (Fsp3) is 0.379. The van der Waals surface area contributed by atoms with Gasteiger partial charge >= 0.3 is 5.97 Å². The molecule has 3 atom stereocenters. The summed E-state index contributed by atoms with van der Waals surface area (Å²) in [5.41, 5.74) is 2.56. The van der Waals surface area contributed by atoms with Gasteiger partial charge in [-0.3, -0.25) is 4.90 Å². The molecule has 2 unspecified atom stereocenters. The van der Waals surface area contributed by atoms with Crippen molar-refractivity contribution in [1.82, 2.24) is 24.4 Å². The van der Waals surface area contributed by atoms with Crippen molar-refractivity contribution in [3.8, 4) is 5.88 Å². The van der Waals surface area contributed by atoms with Crippen molar-refractivity contribution in [1.29, 1.82) is 0 Å². The quantitative estimate of drug-likeness (QED) is 0.323. The monoisotopic (exact) mass is 563 g/mol. The van der Waals surface area contributed by atoms with E-state index in [1.54, 1.807) is 18.2 Å². The number of rotatable bonds is 9. The summed E-state index contributed by atoms with van der Waals surface area (Å²) in [6.07, 6.45) is 1.53. The minimum atomic E-state index is -1.06. The molecule has 1 N–H and O–H groups in total. The van der Waals surface area contributed by atoms with Crippen LogP contribution in [-0.2, 0) is 24.2 Å². The lowest BCUT2D eigenvalue weighted by molar-refractivity contribution is -0.0592. The zero-order valence-corrected chi connectivity index (χ0v) is 22.3. The van der Waals surface area contributed by atoms with Gasteiger partial charge in [0.2, 0.25) is 5.88 Å². The Hall–Kier alpha value is -3.60. The molecule has 0 bridgehead atoms. The maximum atomic E-state index is 14.2. The molecule has 3 aliphatic rings. The molecule has 1 aliphatic carbocycles. The first-order valence-electron chi connectivity index (χ1n) is 13.4. The zero-order valence-electron chi connectivity index (χ0n) is 21.5. The molecule has 1 saturated carbocycles. The van der Waals surface area contributed by atoms with E-state index < -0.39 is 5.97 Å². The molecule has 11 heteroatoms. The number of aromatic nitrogens is 4. The molecule has 5 heterocycles. The van der Waals surface area contributed by atoms with E-state index in [9.17, 15) is 14.3 Å². The number of hydrogen-bond acceptors (Lipinski definition) is 7. The van der Waals surface area contributed by atoms with Gasteiger partial charge < -0.3 is 19.1 Å². The Balaban J connectivity index is 1.00. The van der Waals surface area contributed by atoms with Crippen LogP contribution in [0, 0.1) is 17.7 Å². The van der Waals surface area contributed by atoms with Crippen LogP contribution in [0.15, 0.2) is 48.5 Å². The number of imidazole rings is 1. The molecule has 0 radical (unpaired) electrons. The predicted molar refractivity (Wildman–Crippen MR) is 144 cm³/mol. The van der Waals surface area contributed by atoms with Crippen LogP contribution in [0.3, 0.4) is 0 Å². The highest BCUT2D eigenvalue weighted by molar-refractivity contribution is 6.30. The third-order valence-corrected chi connectivity index (χ3v) is 8.29. The normalized spacial score (nSPS) is 23.6. The first-order chi connectivity index (χ1) is 19.4. The summed E-state index contributed by atoms with van der Waals surface area (Å²) in [6, 6.07) is 13.5. The lowest BCUT2D eigenvalue weighted by Crippen LogP contribution is -2.33. The van der Waals surface area contributed by atoms with Gasteiger partial charge in [0.25, 0.3) is 0 Å².